The first-order valence-corrected chi connectivity index (χ1v) is 10.5. The minimum absolute atomic E-state index is 0.344. The smallest absolute Gasteiger partial charge is 0.125 e. The van der Waals surface area contributed by atoms with Crippen molar-refractivity contribution < 1.29 is 9.50 Å². The van der Waals surface area contributed by atoms with E-state index in [1.807, 2.05) is 26.0 Å². The van der Waals surface area contributed by atoms with E-state index in [0.29, 0.717) is 29.0 Å². The van der Waals surface area contributed by atoms with Gasteiger partial charge in [0.25, 0.3) is 0 Å². The highest BCUT2D eigenvalue weighted by Crippen LogP contribution is 2.36. The van der Waals surface area contributed by atoms with Gasteiger partial charge < -0.3 is 10.8 Å². The second kappa shape index (κ2) is 12.8. The van der Waals surface area contributed by atoms with E-state index in [1.54, 1.807) is 6.20 Å². The fourth-order valence-electron chi connectivity index (χ4n) is 3.22. The number of pyridine rings is 1. The molecular weight excluding hydrogens is 377 g/mol. The Balaban J connectivity index is 0.000000804. The standard InChI is InChI=1S/C21H24FN3.C4H10O/c1-5-6-7-17(18-9-16(10-23)13(2)8-14(18)3)19-11-25-12-20(24)21(19)15(4)22;1-2-3-4-5/h7-9,11-12,15H,5-6,24H2,1-4H3;5H,2-4H2,1H3/b17-7+;. The average molecular weight is 412 g/mol. The highest BCUT2D eigenvalue weighted by Gasteiger charge is 2.19. The van der Waals surface area contributed by atoms with Crippen molar-refractivity contribution in [2.24, 2.45) is 0 Å². The third kappa shape index (κ3) is 6.67. The number of halogens is 1. The summed E-state index contributed by atoms with van der Waals surface area (Å²) in [5.41, 5.74) is 11.9. The number of nitrogens with two attached hydrogens (primary N) is 1. The van der Waals surface area contributed by atoms with Gasteiger partial charge in [-0.2, -0.15) is 5.26 Å². The first kappa shape index (κ1) is 25.3. The van der Waals surface area contributed by atoms with Crippen molar-refractivity contribution in [2.75, 3.05) is 12.3 Å². The van der Waals surface area contributed by atoms with E-state index >= 15 is 0 Å². The third-order valence-electron chi connectivity index (χ3n) is 4.84. The van der Waals surface area contributed by atoms with E-state index in [-0.39, 0.29) is 0 Å². The monoisotopic (exact) mass is 411 g/mol. The summed E-state index contributed by atoms with van der Waals surface area (Å²) in [6, 6.07) is 6.10. The Morgan fingerprint density at radius 3 is 2.40 bits per heavy atom. The van der Waals surface area contributed by atoms with Crippen LogP contribution in [0, 0.1) is 25.2 Å². The number of hydrogen-bond acceptors (Lipinski definition) is 4. The molecule has 0 saturated heterocycles. The molecule has 30 heavy (non-hydrogen) atoms. The van der Waals surface area contributed by atoms with Gasteiger partial charge in [-0.05, 0) is 61.9 Å². The molecule has 0 radical (unpaired) electrons. The van der Waals surface area contributed by atoms with Crippen molar-refractivity contribution in [1.82, 2.24) is 4.98 Å². The number of aryl methyl sites for hydroxylation is 2. The molecule has 1 aromatic carbocycles. The molecule has 2 aromatic rings. The van der Waals surface area contributed by atoms with Crippen LogP contribution in [0.1, 0.15) is 86.0 Å². The molecule has 0 spiro atoms. The molecule has 3 N–H and O–H groups in total. The van der Waals surface area contributed by atoms with Crippen molar-refractivity contribution in [3.05, 3.63) is 64.0 Å². The number of aliphatic hydroxyl groups excluding tert-OH is 1. The molecule has 162 valence electrons. The highest BCUT2D eigenvalue weighted by atomic mass is 19.1. The van der Waals surface area contributed by atoms with Crippen molar-refractivity contribution in [1.29, 1.82) is 5.26 Å². The zero-order valence-electron chi connectivity index (χ0n) is 18.8. The maximum Gasteiger partial charge on any atom is 0.125 e. The van der Waals surface area contributed by atoms with E-state index in [0.717, 1.165) is 47.9 Å². The lowest BCUT2D eigenvalue weighted by atomic mass is 9.88. The first-order valence-electron chi connectivity index (χ1n) is 10.5. The number of nitrogen functional groups attached to an aromatic ring is 1. The largest absolute Gasteiger partial charge is 0.397 e. The van der Waals surface area contributed by atoms with Gasteiger partial charge in [0.1, 0.15) is 6.17 Å². The number of anilines is 1. The molecule has 0 amide bonds. The molecule has 5 heteroatoms. The summed E-state index contributed by atoms with van der Waals surface area (Å²) < 4.78 is 14.3. The molecule has 0 bridgehead atoms. The molecule has 1 unspecified atom stereocenters. The van der Waals surface area contributed by atoms with E-state index in [9.17, 15) is 9.65 Å². The summed E-state index contributed by atoms with van der Waals surface area (Å²) in [7, 11) is 0. The molecule has 0 aliphatic rings. The predicted molar refractivity (Wildman–Crippen MR) is 123 cm³/mol. The third-order valence-corrected chi connectivity index (χ3v) is 4.84. The second-order valence-electron chi connectivity index (χ2n) is 7.38. The fourth-order valence-corrected chi connectivity index (χ4v) is 3.22. The molecule has 0 saturated carbocycles. The van der Waals surface area contributed by atoms with Crippen molar-refractivity contribution in [3.8, 4) is 6.07 Å². The number of hydrogen-bond donors (Lipinski definition) is 2. The number of nitriles is 1. The summed E-state index contributed by atoms with van der Waals surface area (Å²) in [4.78, 5) is 4.17. The average Bonchev–Trinajstić information content (AvgIpc) is 2.70. The van der Waals surface area contributed by atoms with Crippen LogP contribution in [0.25, 0.3) is 5.57 Å². The number of unbranched alkanes of at least 4 members (excludes halogenated alkanes) is 2. The Morgan fingerprint density at radius 1 is 1.20 bits per heavy atom. The predicted octanol–water partition coefficient (Wildman–Crippen LogP) is 6.19. The van der Waals surface area contributed by atoms with E-state index < -0.39 is 6.17 Å². The SMILES string of the molecule is CCC/C=C(\c1cc(C#N)c(C)cc1C)c1cncc(N)c1C(C)F.CCCCO. The van der Waals surface area contributed by atoms with Crippen molar-refractivity contribution >= 4 is 11.3 Å². The normalized spacial score (nSPS) is 12.0. The lowest BCUT2D eigenvalue weighted by Crippen LogP contribution is -2.04. The Kier molecular flexibility index (Phi) is 10.8. The topological polar surface area (TPSA) is 82.9 Å². The van der Waals surface area contributed by atoms with Crippen molar-refractivity contribution in [3.63, 3.8) is 0 Å². The van der Waals surface area contributed by atoms with Crippen LogP contribution in [-0.2, 0) is 0 Å². The summed E-state index contributed by atoms with van der Waals surface area (Å²) in [5.74, 6) is 0. The van der Waals surface area contributed by atoms with Crippen LogP contribution in [-0.4, -0.2) is 16.7 Å². The number of aromatic nitrogens is 1. The Bertz CT molecular complexity index is 896. The van der Waals surface area contributed by atoms with Crippen LogP contribution in [0.4, 0.5) is 10.1 Å². The van der Waals surface area contributed by atoms with Gasteiger partial charge >= 0.3 is 0 Å². The summed E-state index contributed by atoms with van der Waals surface area (Å²) in [6.07, 6.45) is 7.88. The van der Waals surface area contributed by atoms with Gasteiger partial charge in [0.15, 0.2) is 0 Å². The molecule has 0 aliphatic heterocycles. The summed E-state index contributed by atoms with van der Waals surface area (Å²) in [6.45, 7) is 9.89. The summed E-state index contributed by atoms with van der Waals surface area (Å²) >= 11 is 0. The molecule has 0 fully saturated rings. The lowest BCUT2D eigenvalue weighted by Gasteiger charge is -2.18. The van der Waals surface area contributed by atoms with Gasteiger partial charge in [-0.15, -0.1) is 0 Å². The van der Waals surface area contributed by atoms with E-state index in [4.69, 9.17) is 10.8 Å². The molecule has 4 nitrogen and oxygen atoms in total. The van der Waals surface area contributed by atoms with Gasteiger partial charge in [0.2, 0.25) is 0 Å². The zero-order valence-corrected chi connectivity index (χ0v) is 18.8. The van der Waals surface area contributed by atoms with Gasteiger partial charge in [-0.1, -0.05) is 38.8 Å². The van der Waals surface area contributed by atoms with E-state index in [1.165, 1.54) is 13.1 Å². The quantitative estimate of drug-likeness (QED) is 0.569. The second-order valence-corrected chi connectivity index (χ2v) is 7.38. The van der Waals surface area contributed by atoms with Crippen LogP contribution in [0.2, 0.25) is 0 Å². The fraction of sp³-hybridized carbons (Fsp3) is 0.440. The van der Waals surface area contributed by atoms with Gasteiger partial charge in [0, 0.05) is 23.9 Å². The molecule has 1 atom stereocenters. The Morgan fingerprint density at radius 2 is 1.90 bits per heavy atom. The molecule has 0 aliphatic carbocycles. The maximum atomic E-state index is 14.3. The molecular formula is C25H34FN3O. The Labute approximate surface area is 180 Å². The molecule has 1 heterocycles. The van der Waals surface area contributed by atoms with Crippen LogP contribution in [0.3, 0.4) is 0 Å². The highest BCUT2D eigenvalue weighted by molar-refractivity contribution is 5.85. The number of allylic oxidation sites excluding steroid dienone is 1. The van der Waals surface area contributed by atoms with Crippen LogP contribution in [0.15, 0.2) is 30.6 Å². The van der Waals surface area contributed by atoms with E-state index in [2.05, 4.69) is 31.0 Å². The maximum absolute atomic E-state index is 14.3. The van der Waals surface area contributed by atoms with Crippen LogP contribution >= 0.6 is 0 Å². The number of benzene rings is 1. The summed E-state index contributed by atoms with van der Waals surface area (Å²) in [5, 5.41) is 17.5. The van der Waals surface area contributed by atoms with Crippen LogP contribution < -0.4 is 5.73 Å². The molecule has 2 rings (SSSR count). The minimum Gasteiger partial charge on any atom is -0.397 e. The van der Waals surface area contributed by atoms with Gasteiger partial charge in [-0.3, -0.25) is 4.98 Å². The zero-order chi connectivity index (χ0) is 22.7. The Hall–Kier alpha value is -2.71. The van der Waals surface area contributed by atoms with Crippen molar-refractivity contribution in [2.45, 2.75) is 66.5 Å². The van der Waals surface area contributed by atoms with Gasteiger partial charge in [-0.25, -0.2) is 4.39 Å². The number of aliphatic hydroxyl groups is 1. The van der Waals surface area contributed by atoms with Crippen LogP contribution in [0.5, 0.6) is 0 Å². The minimum atomic E-state index is -1.20. The number of nitrogens with zero attached hydrogens (tertiary/aromatic N) is 2. The number of alkyl halides is 1. The molecule has 1 aromatic heterocycles. The first-order chi connectivity index (χ1) is 14.3. The number of rotatable bonds is 7. The van der Waals surface area contributed by atoms with Gasteiger partial charge in [0.05, 0.1) is 23.5 Å². The lowest BCUT2D eigenvalue weighted by molar-refractivity contribution is 0.287.